The summed E-state index contributed by atoms with van der Waals surface area (Å²) < 4.78 is 6.38. The summed E-state index contributed by atoms with van der Waals surface area (Å²) in [5, 5.41) is 2.92. The first-order valence-electron chi connectivity index (χ1n) is 8.27. The molecule has 8 heteroatoms. The highest BCUT2D eigenvalue weighted by atomic mass is 16.5. The molecule has 25 heavy (non-hydrogen) atoms. The van der Waals surface area contributed by atoms with Gasteiger partial charge in [0.25, 0.3) is 11.5 Å². The van der Waals surface area contributed by atoms with Crippen LogP contribution in [0.15, 0.2) is 15.7 Å². The van der Waals surface area contributed by atoms with E-state index < -0.39 is 17.2 Å². The third-order valence-corrected chi connectivity index (χ3v) is 3.92. The van der Waals surface area contributed by atoms with Crippen molar-refractivity contribution in [1.82, 2.24) is 19.9 Å². The van der Waals surface area contributed by atoms with Crippen LogP contribution in [-0.4, -0.2) is 40.2 Å². The second kappa shape index (κ2) is 7.60. The Morgan fingerprint density at radius 2 is 2.04 bits per heavy atom. The number of pyridine rings is 1. The highest BCUT2D eigenvalue weighted by Gasteiger charge is 2.21. The minimum atomic E-state index is -0.614. The van der Waals surface area contributed by atoms with Crippen molar-refractivity contribution >= 4 is 16.9 Å². The van der Waals surface area contributed by atoms with Gasteiger partial charge in [-0.2, -0.15) is 0 Å². The number of H-pyrrole nitrogens is 1. The average Bonchev–Trinajstić information content (AvgIpc) is 2.53. The molecule has 2 N–H and O–H groups in total. The normalized spacial score (nSPS) is 12.6. The molecule has 0 aliphatic carbocycles. The second-order valence-corrected chi connectivity index (χ2v) is 6.28. The number of methoxy groups -OCH3 is 1. The summed E-state index contributed by atoms with van der Waals surface area (Å²) in [5.74, 6) is -0.363. The van der Waals surface area contributed by atoms with E-state index in [0.717, 1.165) is 0 Å². The number of hydrogen-bond acceptors (Lipinski definition) is 5. The monoisotopic (exact) mass is 348 g/mol. The summed E-state index contributed by atoms with van der Waals surface area (Å²) in [5.41, 5.74) is -0.0686. The van der Waals surface area contributed by atoms with Crippen LogP contribution in [-0.2, 0) is 11.3 Å². The van der Waals surface area contributed by atoms with Crippen LogP contribution in [0, 0.1) is 0 Å². The summed E-state index contributed by atoms with van der Waals surface area (Å²) >= 11 is 0. The molecule has 0 saturated carbocycles. The first-order valence-corrected chi connectivity index (χ1v) is 8.27. The summed E-state index contributed by atoms with van der Waals surface area (Å²) in [6.07, 6.45) is 0. The predicted molar refractivity (Wildman–Crippen MR) is 95.2 cm³/mol. The Balaban J connectivity index is 2.75. The van der Waals surface area contributed by atoms with E-state index in [4.69, 9.17) is 4.74 Å². The lowest BCUT2D eigenvalue weighted by atomic mass is 10.0. The topological polar surface area (TPSA) is 106 Å². The van der Waals surface area contributed by atoms with Crippen molar-refractivity contribution in [2.45, 2.75) is 46.2 Å². The van der Waals surface area contributed by atoms with Crippen molar-refractivity contribution in [1.29, 1.82) is 0 Å². The fraction of sp³-hybridized carbons (Fsp3) is 0.529. The van der Waals surface area contributed by atoms with Gasteiger partial charge >= 0.3 is 5.69 Å². The van der Waals surface area contributed by atoms with E-state index in [2.05, 4.69) is 15.3 Å². The summed E-state index contributed by atoms with van der Waals surface area (Å²) in [4.78, 5) is 43.9. The van der Waals surface area contributed by atoms with E-state index in [0.29, 0.717) is 18.8 Å². The van der Waals surface area contributed by atoms with Gasteiger partial charge < -0.3 is 10.1 Å². The van der Waals surface area contributed by atoms with Gasteiger partial charge in [0.2, 0.25) is 0 Å². The van der Waals surface area contributed by atoms with Crippen LogP contribution in [0.25, 0.3) is 11.0 Å². The Bertz CT molecular complexity index is 898. The maximum Gasteiger partial charge on any atom is 0.329 e. The minimum Gasteiger partial charge on any atom is -0.383 e. The van der Waals surface area contributed by atoms with Gasteiger partial charge in [0.15, 0.2) is 5.65 Å². The lowest BCUT2D eigenvalue weighted by molar-refractivity contribution is 0.0907. The van der Waals surface area contributed by atoms with E-state index in [-0.39, 0.29) is 28.6 Å². The van der Waals surface area contributed by atoms with E-state index in [1.165, 1.54) is 4.57 Å². The summed E-state index contributed by atoms with van der Waals surface area (Å²) in [6, 6.07) is 1.39. The Labute approximate surface area is 145 Å². The van der Waals surface area contributed by atoms with Crippen LogP contribution in [0.3, 0.4) is 0 Å². The number of carbonyl (C=O) groups is 1. The van der Waals surface area contributed by atoms with E-state index in [1.807, 2.05) is 13.8 Å². The lowest BCUT2D eigenvalue weighted by Crippen LogP contribution is -2.37. The Morgan fingerprint density at radius 3 is 2.60 bits per heavy atom. The predicted octanol–water partition coefficient (Wildman–Crippen LogP) is 0.993. The Morgan fingerprint density at radius 1 is 1.36 bits per heavy atom. The van der Waals surface area contributed by atoms with E-state index >= 15 is 0 Å². The Kier molecular flexibility index (Phi) is 5.73. The van der Waals surface area contributed by atoms with Crippen molar-refractivity contribution in [3.8, 4) is 0 Å². The van der Waals surface area contributed by atoms with E-state index in [9.17, 15) is 14.4 Å². The standard InChI is InChI=1S/C17H24N4O4/c1-6-21-14-13(16(23)20-17(21)24)11(7-12(19-14)9(2)3)15(22)18-10(4)8-25-5/h7,9-10H,6,8H2,1-5H3,(H,18,22)(H,20,23,24)/t10-/m0/s1. The third kappa shape index (κ3) is 3.79. The molecular formula is C17H24N4O4. The number of hydrogen-bond donors (Lipinski definition) is 2. The van der Waals surface area contributed by atoms with Crippen molar-refractivity contribution in [2.75, 3.05) is 13.7 Å². The van der Waals surface area contributed by atoms with Gasteiger partial charge in [-0.15, -0.1) is 0 Å². The van der Waals surface area contributed by atoms with Crippen LogP contribution in [0.1, 0.15) is 49.7 Å². The van der Waals surface area contributed by atoms with Crippen LogP contribution in [0.4, 0.5) is 0 Å². The largest absolute Gasteiger partial charge is 0.383 e. The van der Waals surface area contributed by atoms with Crippen LogP contribution < -0.4 is 16.6 Å². The fourth-order valence-electron chi connectivity index (χ4n) is 2.65. The van der Waals surface area contributed by atoms with Crippen LogP contribution >= 0.6 is 0 Å². The van der Waals surface area contributed by atoms with Crippen LogP contribution in [0.5, 0.6) is 0 Å². The zero-order valence-corrected chi connectivity index (χ0v) is 15.2. The van der Waals surface area contributed by atoms with Crippen molar-refractivity contribution in [2.24, 2.45) is 0 Å². The molecule has 8 nitrogen and oxygen atoms in total. The molecule has 2 aromatic heterocycles. The highest BCUT2D eigenvalue weighted by molar-refractivity contribution is 6.05. The second-order valence-electron chi connectivity index (χ2n) is 6.28. The van der Waals surface area contributed by atoms with Crippen molar-refractivity contribution < 1.29 is 9.53 Å². The zero-order valence-electron chi connectivity index (χ0n) is 15.2. The number of ether oxygens (including phenoxy) is 1. The summed E-state index contributed by atoms with van der Waals surface area (Å²) in [7, 11) is 1.55. The number of amides is 1. The number of carbonyl (C=O) groups excluding carboxylic acids is 1. The number of nitrogens with zero attached hydrogens (tertiary/aromatic N) is 2. The zero-order chi connectivity index (χ0) is 18.7. The molecule has 0 fully saturated rings. The molecule has 0 unspecified atom stereocenters. The molecule has 0 radical (unpaired) electrons. The number of nitrogens with one attached hydrogen (secondary N) is 2. The molecule has 0 aromatic carbocycles. The molecule has 0 spiro atoms. The first-order chi connectivity index (χ1) is 11.8. The van der Waals surface area contributed by atoms with Gasteiger partial charge in [-0.1, -0.05) is 13.8 Å². The Hall–Kier alpha value is -2.48. The molecule has 0 saturated heterocycles. The maximum atomic E-state index is 12.7. The highest BCUT2D eigenvalue weighted by Crippen LogP contribution is 2.19. The quantitative estimate of drug-likeness (QED) is 0.810. The van der Waals surface area contributed by atoms with Crippen molar-refractivity contribution in [3.05, 3.63) is 38.2 Å². The van der Waals surface area contributed by atoms with E-state index in [1.54, 1.807) is 27.0 Å². The first kappa shape index (κ1) is 18.9. The minimum absolute atomic E-state index is 0.0343. The number of aryl methyl sites for hydroxylation is 1. The molecule has 136 valence electrons. The van der Waals surface area contributed by atoms with Gasteiger partial charge in [-0.05, 0) is 25.8 Å². The SMILES string of the molecule is CCn1c(=O)[nH]c(=O)c2c(C(=O)N[C@@H](C)COC)cc(C(C)C)nc21. The molecule has 2 heterocycles. The molecule has 1 atom stereocenters. The number of fused-ring (bicyclic) bond motifs is 1. The summed E-state index contributed by atoms with van der Waals surface area (Å²) in [6.45, 7) is 8.14. The van der Waals surface area contributed by atoms with Gasteiger partial charge in [0, 0.05) is 25.4 Å². The molecule has 0 bridgehead atoms. The van der Waals surface area contributed by atoms with Gasteiger partial charge in [0.05, 0.1) is 17.6 Å². The average molecular weight is 348 g/mol. The number of aromatic nitrogens is 3. The molecule has 2 aromatic rings. The van der Waals surface area contributed by atoms with Crippen LogP contribution in [0.2, 0.25) is 0 Å². The lowest BCUT2D eigenvalue weighted by Gasteiger charge is -2.16. The fourth-order valence-corrected chi connectivity index (χ4v) is 2.65. The van der Waals surface area contributed by atoms with Gasteiger partial charge in [0.1, 0.15) is 0 Å². The maximum absolute atomic E-state index is 12.7. The molecular weight excluding hydrogens is 324 g/mol. The van der Waals surface area contributed by atoms with Gasteiger partial charge in [-0.25, -0.2) is 9.78 Å². The molecule has 1 amide bonds. The molecule has 2 rings (SSSR count). The molecule has 0 aliphatic rings. The smallest absolute Gasteiger partial charge is 0.329 e. The molecule has 0 aliphatic heterocycles. The van der Waals surface area contributed by atoms with Gasteiger partial charge in [-0.3, -0.25) is 19.1 Å². The number of aromatic amines is 1. The third-order valence-electron chi connectivity index (χ3n) is 3.92. The number of rotatable bonds is 6. The van der Waals surface area contributed by atoms with Crippen molar-refractivity contribution in [3.63, 3.8) is 0 Å².